The highest BCUT2D eigenvalue weighted by Gasteiger charge is 2.30. The number of hydrogen-bond donors (Lipinski definition) is 2. The van der Waals surface area contributed by atoms with Gasteiger partial charge in [0.1, 0.15) is 0 Å². The van der Waals surface area contributed by atoms with Crippen LogP contribution in [-0.2, 0) is 16.0 Å². The maximum Gasteiger partial charge on any atom is 0.222 e. The number of nitrogens with zero attached hydrogens (tertiary/aromatic N) is 1. The molecule has 2 atom stereocenters. The van der Waals surface area contributed by atoms with Crippen molar-refractivity contribution in [2.45, 2.75) is 44.2 Å². The van der Waals surface area contributed by atoms with E-state index in [2.05, 4.69) is 11.4 Å². The number of nitrogens with one attached hydrogen (secondary N) is 1. The van der Waals surface area contributed by atoms with Gasteiger partial charge in [0.25, 0.3) is 0 Å². The Morgan fingerprint density at radius 1 is 1.36 bits per heavy atom. The molecule has 1 aromatic carbocycles. The van der Waals surface area contributed by atoms with Crippen LogP contribution in [0.2, 0.25) is 0 Å². The van der Waals surface area contributed by atoms with Crippen LogP contribution >= 0.6 is 0 Å². The lowest BCUT2D eigenvalue weighted by Gasteiger charge is -2.19. The van der Waals surface area contributed by atoms with Gasteiger partial charge in [0.05, 0.1) is 12.1 Å². The summed E-state index contributed by atoms with van der Waals surface area (Å²) in [6.07, 6.45) is 3.56. The van der Waals surface area contributed by atoms with Crippen LogP contribution in [0.5, 0.6) is 0 Å². The Balaban J connectivity index is 1.44. The van der Waals surface area contributed by atoms with Crippen LogP contribution in [0, 0.1) is 0 Å². The molecule has 0 spiro atoms. The van der Waals surface area contributed by atoms with Gasteiger partial charge in [0.15, 0.2) is 0 Å². The highest BCUT2D eigenvalue weighted by atomic mass is 16.2. The second kappa shape index (κ2) is 6.48. The van der Waals surface area contributed by atoms with Crippen LogP contribution in [0.4, 0.5) is 0 Å². The van der Waals surface area contributed by atoms with Crippen molar-refractivity contribution in [3.8, 4) is 0 Å². The van der Waals surface area contributed by atoms with Crippen LogP contribution in [0.15, 0.2) is 24.3 Å². The average molecular weight is 301 g/mol. The minimum Gasteiger partial charge on any atom is -0.351 e. The molecular formula is C17H23N3O2. The third-order valence-corrected chi connectivity index (χ3v) is 4.64. The van der Waals surface area contributed by atoms with E-state index in [0.29, 0.717) is 25.8 Å². The first-order valence-corrected chi connectivity index (χ1v) is 8.05. The van der Waals surface area contributed by atoms with Crippen molar-refractivity contribution in [1.82, 2.24) is 10.2 Å². The van der Waals surface area contributed by atoms with E-state index < -0.39 is 0 Å². The van der Waals surface area contributed by atoms with Crippen molar-refractivity contribution in [2.75, 3.05) is 13.1 Å². The molecule has 22 heavy (non-hydrogen) atoms. The van der Waals surface area contributed by atoms with E-state index >= 15 is 0 Å². The first-order chi connectivity index (χ1) is 10.6. The Morgan fingerprint density at radius 3 is 2.91 bits per heavy atom. The van der Waals surface area contributed by atoms with Gasteiger partial charge < -0.3 is 16.0 Å². The minimum absolute atomic E-state index is 0.0154. The Bertz CT molecular complexity index is 573. The van der Waals surface area contributed by atoms with Crippen molar-refractivity contribution in [3.63, 3.8) is 0 Å². The van der Waals surface area contributed by atoms with Crippen LogP contribution in [-0.4, -0.2) is 35.8 Å². The van der Waals surface area contributed by atoms with E-state index in [4.69, 9.17) is 5.73 Å². The van der Waals surface area contributed by atoms with Gasteiger partial charge in [-0.3, -0.25) is 9.59 Å². The van der Waals surface area contributed by atoms with Gasteiger partial charge in [-0.25, -0.2) is 0 Å². The van der Waals surface area contributed by atoms with Crippen LogP contribution in [0.3, 0.4) is 0 Å². The first-order valence-electron chi connectivity index (χ1n) is 8.05. The van der Waals surface area contributed by atoms with E-state index in [9.17, 15) is 9.59 Å². The fourth-order valence-electron chi connectivity index (χ4n) is 3.42. The van der Waals surface area contributed by atoms with Crippen molar-refractivity contribution in [3.05, 3.63) is 35.4 Å². The normalized spacial score (nSPS) is 23.7. The highest BCUT2D eigenvalue weighted by molar-refractivity contribution is 5.78. The number of benzene rings is 1. The van der Waals surface area contributed by atoms with E-state index in [-0.39, 0.29) is 23.9 Å². The molecule has 0 radical (unpaired) electrons. The van der Waals surface area contributed by atoms with Gasteiger partial charge in [0, 0.05) is 25.9 Å². The average Bonchev–Trinajstić information content (AvgIpc) is 3.04. The quantitative estimate of drug-likeness (QED) is 0.856. The number of hydrogen-bond acceptors (Lipinski definition) is 3. The number of amides is 2. The zero-order valence-electron chi connectivity index (χ0n) is 12.8. The molecule has 1 saturated heterocycles. The summed E-state index contributed by atoms with van der Waals surface area (Å²) in [7, 11) is 0. The summed E-state index contributed by atoms with van der Waals surface area (Å²) in [4.78, 5) is 25.4. The molecule has 0 unspecified atom stereocenters. The summed E-state index contributed by atoms with van der Waals surface area (Å²) < 4.78 is 0. The summed E-state index contributed by atoms with van der Waals surface area (Å²) in [5, 5.41) is 3.04. The summed E-state index contributed by atoms with van der Waals surface area (Å²) in [6, 6.07) is 7.95. The standard InChI is InChI=1S/C17H23N3O2/c18-17-13-6-2-1-5-12(13)11-14(17)19-15(21)7-3-9-20-10-4-8-16(20)22/h1-2,5-6,14,17H,3-4,7-11,18H2,(H,19,21)/t14-,17-/m0/s1. The van der Waals surface area contributed by atoms with Gasteiger partial charge in [-0.15, -0.1) is 0 Å². The molecule has 2 amide bonds. The van der Waals surface area contributed by atoms with E-state index in [1.165, 1.54) is 5.56 Å². The van der Waals surface area contributed by atoms with Crippen LogP contribution in [0.1, 0.15) is 42.9 Å². The highest BCUT2D eigenvalue weighted by Crippen LogP contribution is 2.29. The summed E-state index contributed by atoms with van der Waals surface area (Å²) in [6.45, 7) is 1.52. The van der Waals surface area contributed by atoms with Gasteiger partial charge in [-0.1, -0.05) is 24.3 Å². The van der Waals surface area contributed by atoms with Crippen LogP contribution in [0.25, 0.3) is 0 Å². The van der Waals surface area contributed by atoms with Gasteiger partial charge in [0.2, 0.25) is 11.8 Å². The minimum atomic E-state index is -0.125. The predicted molar refractivity (Wildman–Crippen MR) is 84.1 cm³/mol. The summed E-state index contributed by atoms with van der Waals surface area (Å²) >= 11 is 0. The molecule has 0 aromatic heterocycles. The Hall–Kier alpha value is -1.88. The molecule has 2 aliphatic rings. The molecule has 1 fully saturated rings. The second-order valence-electron chi connectivity index (χ2n) is 6.19. The molecule has 0 saturated carbocycles. The lowest BCUT2D eigenvalue weighted by molar-refractivity contribution is -0.128. The molecule has 3 N–H and O–H groups in total. The Labute approximate surface area is 130 Å². The molecule has 118 valence electrons. The first kappa shape index (κ1) is 15.0. The number of fused-ring (bicyclic) bond motifs is 1. The summed E-state index contributed by atoms with van der Waals surface area (Å²) in [5.41, 5.74) is 8.58. The molecule has 3 rings (SSSR count). The molecule has 1 aromatic rings. The molecular weight excluding hydrogens is 278 g/mol. The van der Waals surface area contributed by atoms with Crippen molar-refractivity contribution >= 4 is 11.8 Å². The van der Waals surface area contributed by atoms with Gasteiger partial charge in [-0.2, -0.15) is 0 Å². The molecule has 1 aliphatic carbocycles. The predicted octanol–water partition coefficient (Wildman–Crippen LogP) is 1.13. The Kier molecular flexibility index (Phi) is 4.43. The zero-order chi connectivity index (χ0) is 15.5. The molecule has 5 nitrogen and oxygen atoms in total. The molecule has 5 heteroatoms. The fourth-order valence-corrected chi connectivity index (χ4v) is 3.42. The number of carbonyl (C=O) groups excluding carboxylic acids is 2. The number of carbonyl (C=O) groups is 2. The third kappa shape index (κ3) is 3.14. The molecule has 0 bridgehead atoms. The van der Waals surface area contributed by atoms with E-state index in [1.54, 1.807) is 0 Å². The number of nitrogens with two attached hydrogens (primary N) is 1. The van der Waals surface area contributed by atoms with E-state index in [1.807, 2.05) is 23.1 Å². The van der Waals surface area contributed by atoms with Crippen molar-refractivity contribution in [2.24, 2.45) is 5.73 Å². The lowest BCUT2D eigenvalue weighted by atomic mass is 10.1. The van der Waals surface area contributed by atoms with Gasteiger partial charge in [-0.05, 0) is 30.4 Å². The Morgan fingerprint density at radius 2 is 2.18 bits per heavy atom. The largest absolute Gasteiger partial charge is 0.351 e. The SMILES string of the molecule is N[C@H]1c2ccccc2C[C@@H]1NC(=O)CCCN1CCCC1=O. The topological polar surface area (TPSA) is 75.4 Å². The smallest absolute Gasteiger partial charge is 0.222 e. The fraction of sp³-hybridized carbons (Fsp3) is 0.529. The maximum absolute atomic E-state index is 12.1. The van der Waals surface area contributed by atoms with Crippen molar-refractivity contribution in [1.29, 1.82) is 0 Å². The monoisotopic (exact) mass is 301 g/mol. The van der Waals surface area contributed by atoms with Crippen LogP contribution < -0.4 is 11.1 Å². The van der Waals surface area contributed by atoms with E-state index in [0.717, 1.165) is 24.9 Å². The second-order valence-corrected chi connectivity index (χ2v) is 6.19. The molecule has 1 aliphatic heterocycles. The summed E-state index contributed by atoms with van der Waals surface area (Å²) in [5.74, 6) is 0.244. The van der Waals surface area contributed by atoms with Crippen molar-refractivity contribution < 1.29 is 9.59 Å². The maximum atomic E-state index is 12.1. The zero-order valence-corrected chi connectivity index (χ0v) is 12.8. The third-order valence-electron chi connectivity index (χ3n) is 4.64. The van der Waals surface area contributed by atoms with Gasteiger partial charge >= 0.3 is 0 Å². The molecule has 1 heterocycles. The number of rotatable bonds is 5. The number of likely N-dealkylation sites (tertiary alicyclic amines) is 1. The lowest BCUT2D eigenvalue weighted by Crippen LogP contribution is -2.40.